The second kappa shape index (κ2) is 9.16. The van der Waals surface area contributed by atoms with Gasteiger partial charge in [-0.05, 0) is 24.9 Å². The molecular weight excluding hydrogens is 294 g/mol. The minimum Gasteiger partial charge on any atom is -0.480 e. The summed E-state index contributed by atoms with van der Waals surface area (Å²) in [6.07, 6.45) is 2.10. The van der Waals surface area contributed by atoms with Gasteiger partial charge in [0.25, 0.3) is 0 Å². The summed E-state index contributed by atoms with van der Waals surface area (Å²) in [5.74, 6) is -1.45. The van der Waals surface area contributed by atoms with Crippen molar-refractivity contribution in [3.8, 4) is 0 Å². The van der Waals surface area contributed by atoms with Crippen molar-refractivity contribution in [1.82, 2.24) is 4.72 Å². The second-order valence-corrected chi connectivity index (χ2v) is 6.65. The first-order valence-corrected chi connectivity index (χ1v) is 8.65. The number of nitrogens with one attached hydrogen (secondary N) is 1. The summed E-state index contributed by atoms with van der Waals surface area (Å²) < 4.78 is 29.8. The number of carboxylic acid groups (broad SMARTS) is 1. The zero-order chi connectivity index (χ0) is 14.9. The summed E-state index contributed by atoms with van der Waals surface area (Å²) in [6.45, 7) is 0. The summed E-state index contributed by atoms with van der Waals surface area (Å²) in [5, 5.41) is 8.90. The minimum absolute atomic E-state index is 0.0139. The maximum Gasteiger partial charge on any atom is 0.321 e. The van der Waals surface area contributed by atoms with Crippen molar-refractivity contribution < 1.29 is 27.9 Å². The van der Waals surface area contributed by atoms with E-state index < -0.39 is 28.0 Å². The van der Waals surface area contributed by atoms with E-state index in [2.05, 4.69) is 9.46 Å². The smallest absolute Gasteiger partial charge is 0.321 e. The molecule has 0 rings (SSSR count). The van der Waals surface area contributed by atoms with Crippen LogP contribution in [0.2, 0.25) is 0 Å². The SMILES string of the molecule is COC(=O)CCCS(=O)(=O)N[C@@H](CCSC)C(=O)O. The number of carbonyl (C=O) groups is 2. The lowest BCUT2D eigenvalue weighted by atomic mass is 10.2. The molecule has 9 heteroatoms. The molecule has 0 saturated heterocycles. The number of carboxylic acids is 1. The molecule has 0 unspecified atom stereocenters. The Hall–Kier alpha value is -0.800. The monoisotopic (exact) mass is 313 g/mol. The summed E-state index contributed by atoms with van der Waals surface area (Å²) in [6, 6.07) is -1.13. The molecule has 1 atom stereocenters. The van der Waals surface area contributed by atoms with E-state index in [0.29, 0.717) is 5.75 Å². The van der Waals surface area contributed by atoms with Crippen molar-refractivity contribution in [1.29, 1.82) is 0 Å². The summed E-state index contributed by atoms with van der Waals surface area (Å²) >= 11 is 1.44. The van der Waals surface area contributed by atoms with Crippen LogP contribution in [0.15, 0.2) is 0 Å². The van der Waals surface area contributed by atoms with E-state index in [1.165, 1.54) is 18.9 Å². The fourth-order valence-electron chi connectivity index (χ4n) is 1.25. The molecule has 0 aromatic rings. The van der Waals surface area contributed by atoms with Crippen LogP contribution in [0.4, 0.5) is 0 Å². The highest BCUT2D eigenvalue weighted by Gasteiger charge is 2.23. The van der Waals surface area contributed by atoms with Gasteiger partial charge in [-0.15, -0.1) is 0 Å². The van der Waals surface area contributed by atoms with Gasteiger partial charge in [0.05, 0.1) is 12.9 Å². The zero-order valence-corrected chi connectivity index (χ0v) is 12.6. The molecule has 0 amide bonds. The Morgan fingerprint density at radius 1 is 1.42 bits per heavy atom. The predicted molar refractivity (Wildman–Crippen MR) is 72.6 cm³/mol. The predicted octanol–water partition coefficient (Wildman–Crippen LogP) is 0.0653. The number of sulfonamides is 1. The average molecular weight is 313 g/mol. The topological polar surface area (TPSA) is 110 Å². The van der Waals surface area contributed by atoms with Gasteiger partial charge in [0.1, 0.15) is 6.04 Å². The molecule has 0 aromatic heterocycles. The van der Waals surface area contributed by atoms with Gasteiger partial charge in [-0.1, -0.05) is 0 Å². The van der Waals surface area contributed by atoms with Crippen LogP contribution in [-0.2, 0) is 24.3 Å². The zero-order valence-electron chi connectivity index (χ0n) is 10.9. The Morgan fingerprint density at radius 2 is 2.05 bits per heavy atom. The Labute approximate surface area is 117 Å². The standard InChI is InChI=1S/C10H19NO6S2/c1-17-9(12)4-3-7-19(15,16)11-8(10(13)14)5-6-18-2/h8,11H,3-7H2,1-2H3,(H,13,14)/t8-/m0/s1. The lowest BCUT2D eigenvalue weighted by molar-refractivity contribution is -0.141. The molecule has 0 spiro atoms. The maximum atomic E-state index is 11.6. The van der Waals surface area contributed by atoms with Crippen LogP contribution in [0.5, 0.6) is 0 Å². The molecule has 0 aliphatic carbocycles. The summed E-state index contributed by atoms with van der Waals surface area (Å²) in [5.41, 5.74) is 0. The number of rotatable bonds is 10. The molecule has 2 N–H and O–H groups in total. The Kier molecular flexibility index (Phi) is 8.77. The van der Waals surface area contributed by atoms with Gasteiger partial charge in [0, 0.05) is 6.42 Å². The van der Waals surface area contributed by atoms with Gasteiger partial charge in [0.2, 0.25) is 10.0 Å². The van der Waals surface area contributed by atoms with Crippen molar-refractivity contribution in [3.05, 3.63) is 0 Å². The molecule has 0 saturated carbocycles. The third-order valence-electron chi connectivity index (χ3n) is 2.25. The highest BCUT2D eigenvalue weighted by Crippen LogP contribution is 2.04. The van der Waals surface area contributed by atoms with Crippen molar-refractivity contribution in [2.24, 2.45) is 0 Å². The molecule has 112 valence electrons. The molecule has 0 fully saturated rings. The Balaban J connectivity index is 4.31. The van der Waals surface area contributed by atoms with Gasteiger partial charge in [-0.2, -0.15) is 11.8 Å². The van der Waals surface area contributed by atoms with Crippen LogP contribution >= 0.6 is 11.8 Å². The van der Waals surface area contributed by atoms with Crippen LogP contribution in [0, 0.1) is 0 Å². The summed E-state index contributed by atoms with van der Waals surface area (Å²) in [7, 11) is -2.49. The first-order valence-electron chi connectivity index (χ1n) is 5.61. The van der Waals surface area contributed by atoms with Crippen LogP contribution in [0.3, 0.4) is 0 Å². The Morgan fingerprint density at radius 3 is 2.53 bits per heavy atom. The number of thioether (sulfide) groups is 1. The third kappa shape index (κ3) is 8.84. The van der Waals surface area contributed by atoms with E-state index in [-0.39, 0.29) is 25.0 Å². The van der Waals surface area contributed by atoms with Gasteiger partial charge in [-0.3, -0.25) is 9.59 Å². The quantitative estimate of drug-likeness (QED) is 0.549. The number of aliphatic carboxylic acids is 1. The number of methoxy groups -OCH3 is 1. The fraction of sp³-hybridized carbons (Fsp3) is 0.800. The van der Waals surface area contributed by atoms with E-state index in [0.717, 1.165) is 0 Å². The van der Waals surface area contributed by atoms with Crippen molar-refractivity contribution in [2.45, 2.75) is 25.3 Å². The number of ether oxygens (including phenoxy) is 1. The van der Waals surface area contributed by atoms with Gasteiger partial charge in [0.15, 0.2) is 0 Å². The normalized spacial score (nSPS) is 12.9. The van der Waals surface area contributed by atoms with E-state index in [1.807, 2.05) is 6.26 Å². The second-order valence-electron chi connectivity index (χ2n) is 3.79. The van der Waals surface area contributed by atoms with E-state index in [1.54, 1.807) is 0 Å². The van der Waals surface area contributed by atoms with Crippen molar-refractivity contribution in [3.63, 3.8) is 0 Å². The average Bonchev–Trinajstić information content (AvgIpc) is 2.33. The van der Waals surface area contributed by atoms with E-state index in [9.17, 15) is 18.0 Å². The molecule has 0 aliphatic heterocycles. The van der Waals surface area contributed by atoms with Crippen molar-refractivity contribution in [2.75, 3.05) is 24.9 Å². The largest absolute Gasteiger partial charge is 0.480 e. The van der Waals surface area contributed by atoms with Gasteiger partial charge in [-0.25, -0.2) is 13.1 Å². The molecule has 0 bridgehead atoms. The molecule has 7 nitrogen and oxygen atoms in total. The number of carbonyl (C=O) groups excluding carboxylic acids is 1. The van der Waals surface area contributed by atoms with Gasteiger partial charge < -0.3 is 9.84 Å². The van der Waals surface area contributed by atoms with Crippen LogP contribution < -0.4 is 4.72 Å². The number of esters is 1. The highest BCUT2D eigenvalue weighted by molar-refractivity contribution is 7.98. The van der Waals surface area contributed by atoms with Crippen LogP contribution in [0.25, 0.3) is 0 Å². The van der Waals surface area contributed by atoms with Crippen molar-refractivity contribution >= 4 is 33.7 Å². The lowest BCUT2D eigenvalue weighted by Crippen LogP contribution is -2.42. The lowest BCUT2D eigenvalue weighted by Gasteiger charge is -2.14. The van der Waals surface area contributed by atoms with Crippen LogP contribution in [-0.4, -0.2) is 56.4 Å². The molecule has 0 aromatic carbocycles. The maximum absolute atomic E-state index is 11.6. The first kappa shape index (κ1) is 18.2. The highest BCUT2D eigenvalue weighted by atomic mass is 32.2. The molecule has 0 radical (unpaired) electrons. The fourth-order valence-corrected chi connectivity index (χ4v) is 3.02. The minimum atomic E-state index is -3.71. The number of hydrogen-bond acceptors (Lipinski definition) is 6. The van der Waals surface area contributed by atoms with E-state index in [4.69, 9.17) is 5.11 Å². The number of hydrogen-bond donors (Lipinski definition) is 2. The Bertz CT molecular complexity index is 395. The first-order chi connectivity index (χ1) is 8.82. The third-order valence-corrected chi connectivity index (χ3v) is 4.37. The van der Waals surface area contributed by atoms with Crippen LogP contribution in [0.1, 0.15) is 19.3 Å². The molecule has 0 heterocycles. The van der Waals surface area contributed by atoms with Gasteiger partial charge >= 0.3 is 11.9 Å². The molecular formula is C10H19NO6S2. The van der Waals surface area contributed by atoms with E-state index >= 15 is 0 Å². The molecule has 0 aliphatic rings. The molecule has 19 heavy (non-hydrogen) atoms. The summed E-state index contributed by atoms with van der Waals surface area (Å²) in [4.78, 5) is 21.7.